The number of ether oxygens (including phenoxy) is 2. The second-order valence-corrected chi connectivity index (χ2v) is 5.37. The van der Waals surface area contributed by atoms with Crippen molar-refractivity contribution in [3.8, 4) is 6.07 Å². The molecule has 0 aromatic heterocycles. The third kappa shape index (κ3) is 7.28. The number of hydrogen-bond acceptors (Lipinski definition) is 5. The van der Waals surface area contributed by atoms with Crippen LogP contribution in [0.5, 0.6) is 0 Å². The largest absolute Gasteiger partial charge is 0.382 e. The fourth-order valence-electron chi connectivity index (χ4n) is 1.11. The number of nitriles is 1. The summed E-state index contributed by atoms with van der Waals surface area (Å²) < 4.78 is 35.4. The zero-order valence-electron chi connectivity index (χ0n) is 10.3. The van der Waals surface area contributed by atoms with Gasteiger partial charge >= 0.3 is 0 Å². The Morgan fingerprint density at radius 1 is 1.35 bits per heavy atom. The molecular weight excluding hydrogens is 244 g/mol. The molecule has 0 aliphatic heterocycles. The Morgan fingerprint density at radius 2 is 2.06 bits per heavy atom. The van der Waals surface area contributed by atoms with Crippen molar-refractivity contribution < 1.29 is 17.9 Å². The maximum atomic E-state index is 11.5. The first-order valence-electron chi connectivity index (χ1n) is 5.53. The number of sulfonamides is 1. The van der Waals surface area contributed by atoms with Crippen molar-refractivity contribution in [2.24, 2.45) is 0 Å². The van der Waals surface area contributed by atoms with E-state index in [0.717, 1.165) is 0 Å². The lowest BCUT2D eigenvalue weighted by Gasteiger charge is -2.09. The lowest BCUT2D eigenvalue weighted by Crippen LogP contribution is -2.34. The molecule has 0 bridgehead atoms. The van der Waals surface area contributed by atoms with Gasteiger partial charge in [0.1, 0.15) is 0 Å². The third-order valence-corrected chi connectivity index (χ3v) is 3.88. The summed E-state index contributed by atoms with van der Waals surface area (Å²) in [6.45, 7) is 3.45. The molecule has 100 valence electrons. The van der Waals surface area contributed by atoms with E-state index in [4.69, 9.17) is 14.7 Å². The van der Waals surface area contributed by atoms with E-state index in [1.54, 1.807) is 20.1 Å². The van der Waals surface area contributed by atoms with Crippen LogP contribution in [-0.2, 0) is 19.5 Å². The second kappa shape index (κ2) is 9.36. The Bertz CT molecular complexity index is 324. The van der Waals surface area contributed by atoms with E-state index in [2.05, 4.69) is 4.72 Å². The summed E-state index contributed by atoms with van der Waals surface area (Å²) in [5, 5.41) is 7.68. The monoisotopic (exact) mass is 264 g/mol. The van der Waals surface area contributed by atoms with Crippen LogP contribution in [0.15, 0.2) is 0 Å². The third-order valence-electron chi connectivity index (χ3n) is 2.09. The first kappa shape index (κ1) is 16.3. The lowest BCUT2D eigenvalue weighted by atomic mass is 10.4. The van der Waals surface area contributed by atoms with Gasteiger partial charge in [-0.25, -0.2) is 13.1 Å². The van der Waals surface area contributed by atoms with Gasteiger partial charge in [0.15, 0.2) is 5.25 Å². The topological polar surface area (TPSA) is 88.4 Å². The molecule has 0 heterocycles. The fourth-order valence-corrected chi connectivity index (χ4v) is 2.32. The Balaban J connectivity index is 3.71. The van der Waals surface area contributed by atoms with Crippen LogP contribution in [0.3, 0.4) is 0 Å². The van der Waals surface area contributed by atoms with E-state index in [-0.39, 0.29) is 13.0 Å². The molecule has 0 aromatic rings. The highest BCUT2D eigenvalue weighted by molar-refractivity contribution is 7.90. The number of nitrogens with one attached hydrogen (secondary N) is 1. The van der Waals surface area contributed by atoms with Crippen molar-refractivity contribution in [1.82, 2.24) is 4.72 Å². The van der Waals surface area contributed by atoms with Gasteiger partial charge in [-0.3, -0.25) is 0 Å². The Labute approximate surface area is 103 Å². The van der Waals surface area contributed by atoms with E-state index in [1.807, 2.05) is 0 Å². The van der Waals surface area contributed by atoms with Gasteiger partial charge < -0.3 is 9.47 Å². The molecule has 0 aromatic carbocycles. The quantitative estimate of drug-likeness (QED) is 0.572. The minimum absolute atomic E-state index is 0.285. The summed E-state index contributed by atoms with van der Waals surface area (Å²) >= 11 is 0. The van der Waals surface area contributed by atoms with Gasteiger partial charge in [-0.2, -0.15) is 5.26 Å². The highest BCUT2D eigenvalue weighted by atomic mass is 32.2. The maximum absolute atomic E-state index is 11.5. The molecule has 1 unspecified atom stereocenters. The molecule has 7 heteroatoms. The second-order valence-electron chi connectivity index (χ2n) is 3.42. The Kier molecular flexibility index (Phi) is 8.99. The van der Waals surface area contributed by atoms with Crippen LogP contribution in [0.4, 0.5) is 0 Å². The van der Waals surface area contributed by atoms with Crippen LogP contribution in [0.2, 0.25) is 0 Å². The van der Waals surface area contributed by atoms with Gasteiger partial charge in [0.25, 0.3) is 0 Å². The number of hydrogen-bond donors (Lipinski definition) is 1. The Morgan fingerprint density at radius 3 is 2.59 bits per heavy atom. The molecule has 0 fully saturated rings. The normalized spacial score (nSPS) is 13.2. The summed E-state index contributed by atoms with van der Waals surface area (Å²) in [5.41, 5.74) is 0. The molecule has 0 saturated carbocycles. The zero-order chi connectivity index (χ0) is 13.1. The van der Waals surface area contributed by atoms with Crippen LogP contribution in [-0.4, -0.2) is 47.1 Å². The average Bonchev–Trinajstić information content (AvgIpc) is 2.29. The highest BCUT2D eigenvalue weighted by Crippen LogP contribution is 2.02. The molecule has 0 aliphatic rings. The van der Waals surface area contributed by atoms with Crippen molar-refractivity contribution in [3.63, 3.8) is 0 Å². The predicted octanol–water partition coefficient (Wildman–Crippen LogP) is 0.261. The smallest absolute Gasteiger partial charge is 0.227 e. The van der Waals surface area contributed by atoms with Crippen LogP contribution < -0.4 is 4.72 Å². The van der Waals surface area contributed by atoms with Crippen molar-refractivity contribution in [2.45, 2.75) is 25.0 Å². The summed E-state index contributed by atoms with van der Waals surface area (Å²) in [7, 11) is -1.92. The summed E-state index contributed by atoms with van der Waals surface area (Å²) in [5.74, 6) is 0. The molecular formula is C10H20N2O4S. The highest BCUT2D eigenvalue weighted by Gasteiger charge is 2.22. The SMILES string of the molecule is CCC(C#N)S(=O)(=O)NCCCOCCOC. The van der Waals surface area contributed by atoms with Crippen molar-refractivity contribution in [2.75, 3.05) is 33.5 Å². The van der Waals surface area contributed by atoms with Crippen molar-refractivity contribution in [1.29, 1.82) is 5.26 Å². The molecule has 1 N–H and O–H groups in total. The van der Waals surface area contributed by atoms with Gasteiger partial charge in [-0.05, 0) is 12.8 Å². The molecule has 0 radical (unpaired) electrons. The van der Waals surface area contributed by atoms with E-state index in [0.29, 0.717) is 26.2 Å². The molecule has 0 aliphatic carbocycles. The summed E-state index contributed by atoms with van der Waals surface area (Å²) in [6.07, 6.45) is 0.862. The van der Waals surface area contributed by atoms with Gasteiger partial charge in [-0.1, -0.05) is 6.92 Å². The van der Waals surface area contributed by atoms with Crippen molar-refractivity contribution in [3.05, 3.63) is 0 Å². The number of nitrogens with zero attached hydrogens (tertiary/aromatic N) is 1. The minimum atomic E-state index is -3.51. The molecule has 0 amide bonds. The standard InChI is InChI=1S/C10H20N2O4S/c1-3-10(9-11)17(13,14)12-5-4-6-16-8-7-15-2/h10,12H,3-8H2,1-2H3. The van der Waals surface area contributed by atoms with Gasteiger partial charge in [0.2, 0.25) is 10.0 Å². The Hall–Kier alpha value is -0.680. The number of rotatable bonds is 10. The van der Waals surface area contributed by atoms with E-state index in [1.165, 1.54) is 0 Å². The summed E-state index contributed by atoms with van der Waals surface area (Å²) in [4.78, 5) is 0. The predicted molar refractivity (Wildman–Crippen MR) is 63.9 cm³/mol. The molecule has 1 atom stereocenters. The maximum Gasteiger partial charge on any atom is 0.227 e. The van der Waals surface area contributed by atoms with Crippen LogP contribution in [0, 0.1) is 11.3 Å². The minimum Gasteiger partial charge on any atom is -0.382 e. The van der Waals surface area contributed by atoms with Crippen LogP contribution in [0.1, 0.15) is 19.8 Å². The molecule has 17 heavy (non-hydrogen) atoms. The van der Waals surface area contributed by atoms with Crippen LogP contribution >= 0.6 is 0 Å². The zero-order valence-corrected chi connectivity index (χ0v) is 11.1. The summed E-state index contributed by atoms with van der Waals surface area (Å²) in [6, 6.07) is 1.76. The van der Waals surface area contributed by atoms with Crippen LogP contribution in [0.25, 0.3) is 0 Å². The lowest BCUT2D eigenvalue weighted by molar-refractivity contribution is 0.0699. The van der Waals surface area contributed by atoms with Gasteiger partial charge in [0, 0.05) is 20.3 Å². The van der Waals surface area contributed by atoms with E-state index >= 15 is 0 Å². The molecule has 0 rings (SSSR count). The molecule has 6 nitrogen and oxygen atoms in total. The molecule has 0 saturated heterocycles. The fraction of sp³-hybridized carbons (Fsp3) is 0.900. The van der Waals surface area contributed by atoms with Gasteiger partial charge in [-0.15, -0.1) is 0 Å². The molecule has 0 spiro atoms. The first-order valence-corrected chi connectivity index (χ1v) is 7.07. The van der Waals surface area contributed by atoms with E-state index in [9.17, 15) is 8.42 Å². The van der Waals surface area contributed by atoms with E-state index < -0.39 is 15.3 Å². The first-order chi connectivity index (χ1) is 8.08. The van der Waals surface area contributed by atoms with Gasteiger partial charge in [0.05, 0.1) is 19.3 Å². The average molecular weight is 264 g/mol. The number of methoxy groups -OCH3 is 1. The van der Waals surface area contributed by atoms with Crippen molar-refractivity contribution >= 4 is 10.0 Å².